The minimum absolute atomic E-state index is 0.00119. The van der Waals surface area contributed by atoms with Crippen LogP contribution in [0.5, 0.6) is 0 Å². The molecule has 1 saturated carbocycles. The Kier molecular flexibility index (Phi) is 4.81. The average Bonchev–Trinajstić information content (AvgIpc) is 2.38. The monoisotopic (exact) mass is 274 g/mol. The highest BCUT2D eigenvalue weighted by Gasteiger charge is 2.32. The fraction of sp³-hybridized carbons (Fsp3) is 0.588. The van der Waals surface area contributed by atoms with Gasteiger partial charge in [-0.05, 0) is 57.0 Å². The molecule has 1 aromatic rings. The molecule has 3 nitrogen and oxygen atoms in total. The summed E-state index contributed by atoms with van der Waals surface area (Å²) in [6.07, 6.45) is 6.50. The van der Waals surface area contributed by atoms with E-state index >= 15 is 0 Å². The number of carbonyl (C=O) groups excluding carboxylic acids is 1. The Hall–Kier alpha value is -1.35. The number of benzene rings is 1. The van der Waals surface area contributed by atoms with E-state index in [1.807, 2.05) is 19.2 Å². The van der Waals surface area contributed by atoms with Gasteiger partial charge in [0.25, 0.3) is 0 Å². The van der Waals surface area contributed by atoms with Gasteiger partial charge >= 0.3 is 0 Å². The molecule has 1 aliphatic rings. The highest BCUT2D eigenvalue weighted by atomic mass is 16.1. The van der Waals surface area contributed by atoms with Crippen molar-refractivity contribution < 1.29 is 4.79 Å². The van der Waals surface area contributed by atoms with Crippen molar-refractivity contribution in [1.82, 2.24) is 5.32 Å². The maximum atomic E-state index is 12.3. The Balaban J connectivity index is 2.00. The predicted octanol–water partition coefficient (Wildman–Crippen LogP) is 3.55. The molecule has 0 atom stereocenters. The van der Waals surface area contributed by atoms with Crippen molar-refractivity contribution in [3.8, 4) is 0 Å². The van der Waals surface area contributed by atoms with Crippen molar-refractivity contribution in [2.45, 2.75) is 57.9 Å². The third-order valence-electron chi connectivity index (χ3n) is 4.35. The number of nitrogens with one attached hydrogen (secondary N) is 2. The van der Waals surface area contributed by atoms with Gasteiger partial charge in [0.05, 0.1) is 0 Å². The number of aryl methyl sites for hydroxylation is 2. The highest BCUT2D eigenvalue weighted by Crippen LogP contribution is 2.31. The topological polar surface area (TPSA) is 41.1 Å². The van der Waals surface area contributed by atoms with Crippen LogP contribution in [0, 0.1) is 13.8 Å². The number of hydrogen-bond acceptors (Lipinski definition) is 2. The Morgan fingerprint density at radius 3 is 2.25 bits per heavy atom. The number of hydrogen-bond donors (Lipinski definition) is 2. The van der Waals surface area contributed by atoms with Gasteiger partial charge in [-0.25, -0.2) is 0 Å². The first-order chi connectivity index (χ1) is 9.53. The maximum absolute atomic E-state index is 12.3. The Morgan fingerprint density at radius 1 is 1.10 bits per heavy atom. The normalized spacial score (nSPS) is 17.8. The molecule has 0 aromatic heterocycles. The molecule has 0 bridgehead atoms. The summed E-state index contributed by atoms with van der Waals surface area (Å²) in [6, 6.07) is 6.17. The van der Waals surface area contributed by atoms with Crippen LogP contribution in [-0.2, 0) is 4.79 Å². The molecule has 0 heterocycles. The van der Waals surface area contributed by atoms with Crippen molar-refractivity contribution in [1.29, 1.82) is 0 Å². The summed E-state index contributed by atoms with van der Waals surface area (Å²) in [5, 5.41) is 6.45. The molecule has 1 fully saturated rings. The molecule has 1 aromatic carbocycles. The smallest absolute Gasteiger partial charge is 0.226 e. The third-order valence-corrected chi connectivity index (χ3v) is 4.35. The lowest BCUT2D eigenvalue weighted by molar-refractivity contribution is -0.117. The van der Waals surface area contributed by atoms with Crippen molar-refractivity contribution in [3.05, 3.63) is 29.3 Å². The van der Waals surface area contributed by atoms with E-state index in [0.29, 0.717) is 6.42 Å². The van der Waals surface area contributed by atoms with E-state index < -0.39 is 0 Å². The quantitative estimate of drug-likeness (QED) is 0.881. The standard InChI is InChI=1S/C17H26N2O/c1-13-9-14(2)11-15(10-13)19-16(20)12-17(18-3)7-5-4-6-8-17/h9-11,18H,4-8,12H2,1-3H3,(H,19,20). The van der Waals surface area contributed by atoms with Gasteiger partial charge in [-0.2, -0.15) is 0 Å². The molecule has 2 rings (SSSR count). The van der Waals surface area contributed by atoms with Gasteiger partial charge in [0, 0.05) is 17.6 Å². The molecule has 110 valence electrons. The second-order valence-electron chi connectivity index (χ2n) is 6.19. The fourth-order valence-electron chi connectivity index (χ4n) is 3.30. The Bertz CT molecular complexity index is 456. The van der Waals surface area contributed by atoms with Gasteiger partial charge in [0.15, 0.2) is 0 Å². The molecule has 20 heavy (non-hydrogen) atoms. The molecule has 2 N–H and O–H groups in total. The van der Waals surface area contributed by atoms with Crippen molar-refractivity contribution in [2.24, 2.45) is 0 Å². The van der Waals surface area contributed by atoms with Crippen LogP contribution in [0.2, 0.25) is 0 Å². The lowest BCUT2D eigenvalue weighted by Crippen LogP contribution is -2.47. The molecule has 0 aliphatic heterocycles. The Labute approximate surface area is 122 Å². The van der Waals surface area contributed by atoms with Crippen LogP contribution in [0.3, 0.4) is 0 Å². The van der Waals surface area contributed by atoms with Crippen LogP contribution < -0.4 is 10.6 Å². The van der Waals surface area contributed by atoms with Crippen LogP contribution in [0.1, 0.15) is 49.7 Å². The molecular weight excluding hydrogens is 248 g/mol. The fourth-order valence-corrected chi connectivity index (χ4v) is 3.30. The zero-order chi connectivity index (χ0) is 14.6. The lowest BCUT2D eigenvalue weighted by Gasteiger charge is -2.36. The lowest BCUT2D eigenvalue weighted by atomic mass is 9.79. The largest absolute Gasteiger partial charge is 0.326 e. The van der Waals surface area contributed by atoms with E-state index in [0.717, 1.165) is 18.5 Å². The molecule has 3 heteroatoms. The van der Waals surface area contributed by atoms with E-state index in [2.05, 4.69) is 30.5 Å². The van der Waals surface area contributed by atoms with Crippen LogP contribution in [0.4, 0.5) is 5.69 Å². The first-order valence-corrected chi connectivity index (χ1v) is 7.60. The van der Waals surface area contributed by atoms with Crippen LogP contribution in [0.15, 0.2) is 18.2 Å². The predicted molar refractivity (Wildman–Crippen MR) is 84.0 cm³/mol. The minimum Gasteiger partial charge on any atom is -0.326 e. The van der Waals surface area contributed by atoms with E-state index in [-0.39, 0.29) is 11.4 Å². The number of amides is 1. The van der Waals surface area contributed by atoms with Crippen molar-refractivity contribution in [3.63, 3.8) is 0 Å². The summed E-state index contributed by atoms with van der Waals surface area (Å²) < 4.78 is 0. The number of anilines is 1. The second kappa shape index (κ2) is 6.40. The van der Waals surface area contributed by atoms with Crippen LogP contribution in [-0.4, -0.2) is 18.5 Å². The zero-order valence-corrected chi connectivity index (χ0v) is 12.9. The van der Waals surface area contributed by atoms with E-state index in [4.69, 9.17) is 0 Å². The summed E-state index contributed by atoms with van der Waals surface area (Å²) in [6.45, 7) is 4.11. The summed E-state index contributed by atoms with van der Waals surface area (Å²) >= 11 is 0. The first-order valence-electron chi connectivity index (χ1n) is 7.60. The molecule has 0 saturated heterocycles. The third kappa shape index (κ3) is 3.83. The van der Waals surface area contributed by atoms with Crippen molar-refractivity contribution >= 4 is 11.6 Å². The molecule has 1 aliphatic carbocycles. The molecule has 1 amide bonds. The number of carbonyl (C=O) groups is 1. The Morgan fingerprint density at radius 2 is 1.70 bits per heavy atom. The van der Waals surface area contributed by atoms with Gasteiger partial charge in [-0.1, -0.05) is 25.3 Å². The van der Waals surface area contributed by atoms with Crippen LogP contribution >= 0.6 is 0 Å². The molecule has 0 unspecified atom stereocenters. The summed E-state index contributed by atoms with van der Waals surface area (Å²) in [5.41, 5.74) is 3.28. The summed E-state index contributed by atoms with van der Waals surface area (Å²) in [5.74, 6) is 0.117. The van der Waals surface area contributed by atoms with E-state index in [1.165, 1.54) is 30.4 Å². The minimum atomic E-state index is 0.00119. The number of rotatable bonds is 4. The van der Waals surface area contributed by atoms with Gasteiger partial charge in [0.2, 0.25) is 5.91 Å². The average molecular weight is 274 g/mol. The highest BCUT2D eigenvalue weighted by molar-refractivity contribution is 5.91. The second-order valence-corrected chi connectivity index (χ2v) is 6.19. The van der Waals surface area contributed by atoms with E-state index in [9.17, 15) is 4.79 Å². The van der Waals surface area contributed by atoms with Crippen molar-refractivity contribution in [2.75, 3.05) is 12.4 Å². The van der Waals surface area contributed by atoms with Gasteiger partial charge in [0.1, 0.15) is 0 Å². The summed E-state index contributed by atoms with van der Waals surface area (Å²) in [7, 11) is 1.98. The van der Waals surface area contributed by atoms with E-state index in [1.54, 1.807) is 0 Å². The van der Waals surface area contributed by atoms with Gasteiger partial charge < -0.3 is 10.6 Å². The SMILES string of the molecule is CNC1(CC(=O)Nc2cc(C)cc(C)c2)CCCCC1. The molecule has 0 spiro atoms. The molecular formula is C17H26N2O. The summed E-state index contributed by atoms with van der Waals surface area (Å²) in [4.78, 5) is 12.3. The van der Waals surface area contributed by atoms with Crippen LogP contribution in [0.25, 0.3) is 0 Å². The molecule has 0 radical (unpaired) electrons. The van der Waals surface area contributed by atoms with Gasteiger partial charge in [-0.3, -0.25) is 4.79 Å². The first kappa shape index (κ1) is 15.0. The van der Waals surface area contributed by atoms with Gasteiger partial charge in [-0.15, -0.1) is 0 Å². The zero-order valence-electron chi connectivity index (χ0n) is 12.9. The maximum Gasteiger partial charge on any atom is 0.226 e.